The van der Waals surface area contributed by atoms with Crippen LogP contribution in [0.2, 0.25) is 0 Å². The number of piperidine rings is 1. The van der Waals surface area contributed by atoms with E-state index in [1.165, 1.54) is 39.0 Å². The predicted molar refractivity (Wildman–Crippen MR) is 219 cm³/mol. The fraction of sp³-hybridized carbons (Fsp3) is 0.356. The maximum Gasteiger partial charge on any atom is 0.254 e. The van der Waals surface area contributed by atoms with Crippen LogP contribution in [0.25, 0.3) is 11.0 Å². The van der Waals surface area contributed by atoms with Gasteiger partial charge >= 0.3 is 0 Å². The van der Waals surface area contributed by atoms with Gasteiger partial charge in [0.15, 0.2) is 23.1 Å². The molecular weight excluding hydrogens is 741 g/mol. The molecule has 0 aliphatic carbocycles. The summed E-state index contributed by atoms with van der Waals surface area (Å²) in [5.74, 6) is 0.887. The fourth-order valence-electron chi connectivity index (χ4n) is 8.90. The van der Waals surface area contributed by atoms with Crippen LogP contribution in [0, 0.1) is 11.6 Å². The number of hydrogen-bond acceptors (Lipinski definition) is 8. The minimum atomic E-state index is -0.890. The van der Waals surface area contributed by atoms with Crippen LogP contribution in [-0.2, 0) is 11.8 Å². The number of para-hydroxylation sites is 2. The molecule has 2 aliphatic rings. The Hall–Kier alpha value is -5.95. The first kappa shape index (κ1) is 38.9. The molecule has 0 radical (unpaired) electrons. The number of ether oxygens (including phenoxy) is 3. The Morgan fingerprint density at radius 3 is 2.33 bits per heavy atom. The number of hydrogen-bond donors (Lipinski definition) is 2. The summed E-state index contributed by atoms with van der Waals surface area (Å²) in [6.07, 6.45) is 7.45. The van der Waals surface area contributed by atoms with Crippen molar-refractivity contribution < 1.29 is 27.8 Å². The molecule has 0 bridgehead atoms. The molecule has 6 aromatic rings. The number of carbonyl (C=O) groups excluding carboxylic acids is 1. The normalized spacial score (nSPS) is 18.1. The molecule has 2 N–H and O–H groups in total. The Labute approximate surface area is 337 Å². The van der Waals surface area contributed by atoms with Crippen LogP contribution in [0.15, 0.2) is 97.3 Å². The lowest BCUT2D eigenvalue weighted by molar-refractivity contribution is 0.0779. The smallest absolute Gasteiger partial charge is 0.254 e. The number of aromatic amines is 2. The number of H-pyrrole nitrogens is 2. The zero-order valence-corrected chi connectivity index (χ0v) is 33.1. The number of carbonyl (C=O) groups is 1. The summed E-state index contributed by atoms with van der Waals surface area (Å²) in [5.41, 5.74) is 3.61. The minimum Gasteiger partial charge on any atom is -0.493 e. The largest absolute Gasteiger partial charge is 0.493 e. The maximum atomic E-state index is 14.9. The summed E-state index contributed by atoms with van der Waals surface area (Å²) in [5, 5.41) is 0. The first-order chi connectivity index (χ1) is 28.3. The van der Waals surface area contributed by atoms with Crippen LogP contribution in [0.3, 0.4) is 0 Å². The van der Waals surface area contributed by atoms with Crippen molar-refractivity contribution >= 4 is 22.9 Å². The Morgan fingerprint density at radius 2 is 1.66 bits per heavy atom. The number of imidazole rings is 2. The minimum absolute atomic E-state index is 0.0983. The molecule has 2 atom stereocenters. The van der Waals surface area contributed by atoms with Gasteiger partial charge in [0.2, 0.25) is 11.7 Å². The SMILES string of the molecule is COc1cc(C(=O)N2CCC(CCN3CCC(N(c4nc5ccccc5[nH]4)C(Cc4ccccc4)c4ncc[nH]4)CC3)(c3ccc(F)c(F)c3)C2)cc(OC)c1OC. The van der Waals surface area contributed by atoms with E-state index in [9.17, 15) is 13.6 Å². The Kier molecular flexibility index (Phi) is 11.3. The molecule has 4 aromatic carbocycles. The molecule has 11 nitrogen and oxygen atoms in total. The Morgan fingerprint density at radius 1 is 0.914 bits per heavy atom. The number of nitrogens with one attached hydrogen (secondary N) is 2. The van der Waals surface area contributed by atoms with Crippen molar-refractivity contribution in [1.29, 1.82) is 0 Å². The topological polar surface area (TPSA) is 112 Å². The molecule has 0 saturated carbocycles. The summed E-state index contributed by atoms with van der Waals surface area (Å²) < 4.78 is 45.6. The van der Waals surface area contributed by atoms with Gasteiger partial charge in [-0.2, -0.15) is 0 Å². The van der Waals surface area contributed by atoms with Crippen molar-refractivity contribution in [2.45, 2.75) is 49.6 Å². The van der Waals surface area contributed by atoms with Crippen molar-refractivity contribution in [1.82, 2.24) is 29.7 Å². The molecule has 2 saturated heterocycles. The fourth-order valence-corrected chi connectivity index (χ4v) is 8.90. The second-order valence-electron chi connectivity index (χ2n) is 15.3. The van der Waals surface area contributed by atoms with Crippen molar-refractivity contribution in [3.05, 3.63) is 131 Å². The number of rotatable bonds is 14. The van der Waals surface area contributed by atoms with E-state index >= 15 is 0 Å². The van der Waals surface area contributed by atoms with Gasteiger partial charge in [0.25, 0.3) is 5.91 Å². The molecule has 2 fully saturated rings. The lowest BCUT2D eigenvalue weighted by Crippen LogP contribution is -2.48. The molecule has 13 heteroatoms. The van der Waals surface area contributed by atoms with Crippen LogP contribution < -0.4 is 19.1 Å². The van der Waals surface area contributed by atoms with E-state index in [2.05, 4.69) is 50.1 Å². The highest BCUT2D eigenvalue weighted by Gasteiger charge is 2.43. The number of amides is 1. The van der Waals surface area contributed by atoms with E-state index in [1.807, 2.05) is 30.5 Å². The molecule has 2 aliphatic heterocycles. The van der Waals surface area contributed by atoms with Crippen molar-refractivity contribution in [3.8, 4) is 17.2 Å². The molecule has 1 amide bonds. The third-order valence-corrected chi connectivity index (χ3v) is 12.0. The molecule has 2 aromatic heterocycles. The highest BCUT2D eigenvalue weighted by atomic mass is 19.2. The summed E-state index contributed by atoms with van der Waals surface area (Å²) in [4.78, 5) is 37.6. The van der Waals surface area contributed by atoms with Crippen LogP contribution in [0.5, 0.6) is 17.2 Å². The lowest BCUT2D eigenvalue weighted by Gasteiger charge is -2.42. The maximum absolute atomic E-state index is 14.9. The Bertz CT molecular complexity index is 2270. The van der Waals surface area contributed by atoms with E-state index in [0.717, 1.165) is 61.7 Å². The van der Waals surface area contributed by atoms with Crippen LogP contribution in [0.4, 0.5) is 14.7 Å². The highest BCUT2D eigenvalue weighted by molar-refractivity contribution is 5.96. The number of benzene rings is 4. The first-order valence-electron chi connectivity index (χ1n) is 19.8. The van der Waals surface area contributed by atoms with Gasteiger partial charge in [-0.1, -0.05) is 48.5 Å². The second-order valence-corrected chi connectivity index (χ2v) is 15.3. The number of anilines is 1. The summed E-state index contributed by atoms with van der Waals surface area (Å²) in [7, 11) is 4.54. The Balaban J connectivity index is 1.02. The molecule has 4 heterocycles. The molecule has 8 rings (SSSR count). The zero-order chi connectivity index (χ0) is 40.2. The van der Waals surface area contributed by atoms with Gasteiger partial charge < -0.3 is 38.9 Å². The van der Waals surface area contributed by atoms with Gasteiger partial charge in [-0.25, -0.2) is 18.7 Å². The van der Waals surface area contributed by atoms with Gasteiger partial charge in [0, 0.05) is 62.0 Å². The average molecular weight is 790 g/mol. The van der Waals surface area contributed by atoms with Gasteiger partial charge in [-0.05, 0) is 79.8 Å². The number of aromatic nitrogens is 4. The van der Waals surface area contributed by atoms with E-state index in [0.29, 0.717) is 54.3 Å². The number of nitrogens with zero attached hydrogens (tertiary/aromatic N) is 5. The van der Waals surface area contributed by atoms with Crippen molar-refractivity contribution in [2.75, 3.05) is 59.0 Å². The molecular formula is C45H49F2N7O4. The van der Waals surface area contributed by atoms with E-state index in [4.69, 9.17) is 24.2 Å². The quantitative estimate of drug-likeness (QED) is 0.116. The van der Waals surface area contributed by atoms with Crippen LogP contribution in [0.1, 0.15) is 59.0 Å². The number of halogens is 2. The number of methoxy groups -OCH3 is 3. The summed E-state index contributed by atoms with van der Waals surface area (Å²) in [6.45, 7) is 3.21. The van der Waals surface area contributed by atoms with E-state index in [1.54, 1.807) is 29.3 Å². The van der Waals surface area contributed by atoms with E-state index < -0.39 is 17.0 Å². The average Bonchev–Trinajstić information content (AvgIpc) is 4.05. The van der Waals surface area contributed by atoms with Crippen molar-refractivity contribution in [2.24, 2.45) is 0 Å². The molecule has 0 spiro atoms. The van der Waals surface area contributed by atoms with Gasteiger partial charge in [-0.3, -0.25) is 4.79 Å². The van der Waals surface area contributed by atoms with Crippen LogP contribution in [-0.4, -0.2) is 95.7 Å². The second kappa shape index (κ2) is 16.9. The first-order valence-corrected chi connectivity index (χ1v) is 19.8. The summed E-state index contributed by atoms with van der Waals surface area (Å²) in [6, 6.07) is 26.1. The van der Waals surface area contributed by atoms with Crippen molar-refractivity contribution in [3.63, 3.8) is 0 Å². The number of fused-ring (bicyclic) bond motifs is 1. The molecule has 58 heavy (non-hydrogen) atoms. The van der Waals surface area contributed by atoms with Gasteiger partial charge in [0.05, 0.1) is 38.4 Å². The monoisotopic (exact) mass is 789 g/mol. The van der Waals surface area contributed by atoms with Gasteiger partial charge in [0.1, 0.15) is 5.82 Å². The number of likely N-dealkylation sites (tertiary alicyclic amines) is 2. The van der Waals surface area contributed by atoms with Gasteiger partial charge in [-0.15, -0.1) is 0 Å². The molecule has 2 unspecified atom stereocenters. The highest BCUT2D eigenvalue weighted by Crippen LogP contribution is 2.42. The lowest BCUT2D eigenvalue weighted by atomic mass is 9.76. The zero-order valence-electron chi connectivity index (χ0n) is 33.1. The van der Waals surface area contributed by atoms with E-state index in [-0.39, 0.29) is 18.0 Å². The predicted octanol–water partition coefficient (Wildman–Crippen LogP) is 7.72. The summed E-state index contributed by atoms with van der Waals surface area (Å²) >= 11 is 0. The standard InChI is InChI=1S/C45H49F2N7O4/c1-56-39-26-31(27-40(57-2)41(39)58-3)43(55)53-24-18-45(29-53,32-13-14-34(46)35(47)28-32)17-23-52-21-15-33(16-22-52)54(44-50-36-11-7-8-12-37(36)51-44)38(42-48-19-20-49-42)25-30-9-5-4-6-10-30/h4-14,19-20,26-28,33,38H,15-18,21-25,29H2,1-3H3,(H,48,49)(H,50,51). The third-order valence-electron chi connectivity index (χ3n) is 12.0. The van der Waals surface area contributed by atoms with Crippen LogP contribution >= 0.6 is 0 Å². The third kappa shape index (κ3) is 7.83. The molecule has 302 valence electrons.